The first-order valence-electron chi connectivity index (χ1n) is 9.78. The molecule has 0 spiro atoms. The van der Waals surface area contributed by atoms with Gasteiger partial charge >= 0.3 is 0 Å². The average molecular weight is 417 g/mol. The number of sulfonamides is 1. The second-order valence-corrected chi connectivity index (χ2v) is 9.61. The summed E-state index contributed by atoms with van der Waals surface area (Å²) < 4.78 is 30.1. The monoisotopic (exact) mass is 416 g/mol. The Morgan fingerprint density at radius 3 is 2.38 bits per heavy atom. The Balaban J connectivity index is 1.59. The highest BCUT2D eigenvalue weighted by atomic mass is 32.2. The lowest BCUT2D eigenvalue weighted by atomic mass is 10.0. The molecule has 7 heteroatoms. The van der Waals surface area contributed by atoms with Crippen LogP contribution in [0.4, 0.5) is 5.69 Å². The summed E-state index contributed by atoms with van der Waals surface area (Å²) in [6, 6.07) is 12.9. The number of nitrogens with one attached hydrogen (secondary N) is 1. The summed E-state index contributed by atoms with van der Waals surface area (Å²) >= 11 is 0. The predicted octanol–water partition coefficient (Wildman–Crippen LogP) is 3.22. The highest BCUT2D eigenvalue weighted by Gasteiger charge is 2.20. The molecule has 0 saturated heterocycles. The number of aryl methyl sites for hydroxylation is 2. The number of carbonyl (C=O) groups excluding carboxylic acids is 1. The van der Waals surface area contributed by atoms with Crippen molar-refractivity contribution in [3.8, 4) is 5.75 Å². The van der Waals surface area contributed by atoms with Crippen LogP contribution in [0.2, 0.25) is 0 Å². The van der Waals surface area contributed by atoms with E-state index in [0.29, 0.717) is 11.4 Å². The zero-order valence-electron chi connectivity index (χ0n) is 17.3. The lowest BCUT2D eigenvalue weighted by Gasteiger charge is -2.20. The Morgan fingerprint density at radius 2 is 1.72 bits per heavy atom. The van der Waals surface area contributed by atoms with Crippen molar-refractivity contribution in [2.24, 2.45) is 0 Å². The van der Waals surface area contributed by atoms with E-state index in [9.17, 15) is 13.2 Å². The Bertz CT molecular complexity index is 986. The Hall–Kier alpha value is -2.54. The van der Waals surface area contributed by atoms with Gasteiger partial charge in [0.15, 0.2) is 6.10 Å². The molecule has 0 radical (unpaired) electrons. The van der Waals surface area contributed by atoms with E-state index in [2.05, 4.69) is 23.5 Å². The fourth-order valence-electron chi connectivity index (χ4n) is 3.46. The third-order valence-corrected chi connectivity index (χ3v) is 6.57. The van der Waals surface area contributed by atoms with Crippen molar-refractivity contribution >= 4 is 21.6 Å². The maximum absolute atomic E-state index is 12.5. The number of hydrogen-bond acceptors (Lipinski definition) is 4. The van der Waals surface area contributed by atoms with Gasteiger partial charge in [0.25, 0.3) is 5.91 Å². The molecule has 2 atom stereocenters. The third-order valence-electron chi connectivity index (χ3n) is 5.36. The van der Waals surface area contributed by atoms with Crippen LogP contribution in [-0.2, 0) is 27.7 Å². The summed E-state index contributed by atoms with van der Waals surface area (Å²) in [5.41, 5.74) is 4.42. The van der Waals surface area contributed by atoms with Crippen LogP contribution in [0.1, 0.15) is 43.0 Å². The lowest BCUT2D eigenvalue weighted by Crippen LogP contribution is -2.37. The van der Waals surface area contributed by atoms with Gasteiger partial charge in [-0.25, -0.2) is 8.42 Å². The van der Waals surface area contributed by atoms with E-state index in [1.54, 1.807) is 31.2 Å². The molecule has 2 aromatic carbocycles. The van der Waals surface area contributed by atoms with Crippen LogP contribution >= 0.6 is 0 Å². The van der Waals surface area contributed by atoms with E-state index in [0.717, 1.165) is 24.7 Å². The van der Waals surface area contributed by atoms with Gasteiger partial charge in [-0.3, -0.25) is 9.10 Å². The number of hydrogen-bond donors (Lipinski definition) is 1. The molecule has 1 amide bonds. The van der Waals surface area contributed by atoms with Gasteiger partial charge in [-0.2, -0.15) is 0 Å². The summed E-state index contributed by atoms with van der Waals surface area (Å²) in [6.07, 6.45) is 3.91. The van der Waals surface area contributed by atoms with Crippen molar-refractivity contribution < 1.29 is 17.9 Å². The summed E-state index contributed by atoms with van der Waals surface area (Å²) in [7, 11) is -1.83. The molecule has 156 valence electrons. The number of ether oxygens (including phenoxy) is 1. The molecule has 0 fully saturated rings. The Kier molecular flexibility index (Phi) is 6.17. The van der Waals surface area contributed by atoms with Gasteiger partial charge in [-0.15, -0.1) is 0 Å². The number of fused-ring (bicyclic) bond motifs is 1. The van der Waals surface area contributed by atoms with Crippen LogP contribution in [0.15, 0.2) is 42.5 Å². The number of benzene rings is 2. The van der Waals surface area contributed by atoms with Crippen molar-refractivity contribution in [2.45, 2.75) is 45.3 Å². The number of rotatable bonds is 7. The zero-order valence-corrected chi connectivity index (χ0v) is 18.1. The minimum atomic E-state index is -3.32. The molecule has 0 bridgehead atoms. The van der Waals surface area contributed by atoms with Crippen LogP contribution in [0, 0.1) is 0 Å². The summed E-state index contributed by atoms with van der Waals surface area (Å²) in [6.45, 7) is 3.67. The third kappa shape index (κ3) is 5.09. The number of carbonyl (C=O) groups is 1. The average Bonchev–Trinajstić information content (AvgIpc) is 3.15. The summed E-state index contributed by atoms with van der Waals surface area (Å²) in [5, 5.41) is 3.01. The van der Waals surface area contributed by atoms with Gasteiger partial charge < -0.3 is 10.1 Å². The number of anilines is 1. The molecular weight excluding hydrogens is 388 g/mol. The molecule has 2 aromatic rings. The zero-order chi connectivity index (χ0) is 21.2. The van der Waals surface area contributed by atoms with Gasteiger partial charge in [0.05, 0.1) is 18.0 Å². The molecule has 0 saturated carbocycles. The van der Waals surface area contributed by atoms with E-state index < -0.39 is 16.1 Å². The van der Waals surface area contributed by atoms with Crippen molar-refractivity contribution in [1.82, 2.24) is 5.32 Å². The highest BCUT2D eigenvalue weighted by Crippen LogP contribution is 2.26. The van der Waals surface area contributed by atoms with Crippen molar-refractivity contribution in [1.29, 1.82) is 0 Å². The molecule has 1 aliphatic carbocycles. The minimum absolute atomic E-state index is 0.106. The van der Waals surface area contributed by atoms with Crippen molar-refractivity contribution in [2.75, 3.05) is 17.6 Å². The van der Waals surface area contributed by atoms with Gasteiger partial charge in [0, 0.05) is 7.05 Å². The van der Waals surface area contributed by atoms with Crippen LogP contribution in [0.5, 0.6) is 5.75 Å². The molecule has 6 nitrogen and oxygen atoms in total. The topological polar surface area (TPSA) is 75.7 Å². The van der Waals surface area contributed by atoms with E-state index in [1.165, 1.54) is 28.9 Å². The molecule has 2 unspecified atom stereocenters. The van der Waals surface area contributed by atoms with Gasteiger partial charge in [0.1, 0.15) is 5.75 Å². The van der Waals surface area contributed by atoms with Crippen LogP contribution in [-0.4, -0.2) is 33.7 Å². The van der Waals surface area contributed by atoms with Gasteiger partial charge in [-0.05, 0) is 74.1 Å². The fourth-order valence-corrected chi connectivity index (χ4v) is 3.96. The van der Waals surface area contributed by atoms with Crippen molar-refractivity contribution in [3.05, 3.63) is 59.2 Å². The second kappa shape index (κ2) is 8.45. The van der Waals surface area contributed by atoms with Crippen LogP contribution in [0.3, 0.4) is 0 Å². The van der Waals surface area contributed by atoms with E-state index >= 15 is 0 Å². The van der Waals surface area contributed by atoms with E-state index in [-0.39, 0.29) is 11.9 Å². The first-order chi connectivity index (χ1) is 13.6. The van der Waals surface area contributed by atoms with Crippen LogP contribution < -0.4 is 14.4 Å². The Morgan fingerprint density at radius 1 is 1.07 bits per heavy atom. The lowest BCUT2D eigenvalue weighted by molar-refractivity contribution is -0.127. The normalized spacial score (nSPS) is 15.3. The maximum atomic E-state index is 12.5. The highest BCUT2D eigenvalue weighted by molar-refractivity contribution is 7.92. The molecule has 1 aliphatic rings. The molecule has 3 rings (SSSR count). The quantitative estimate of drug-likeness (QED) is 0.752. The first-order valence-corrected chi connectivity index (χ1v) is 11.6. The molecule has 0 aromatic heterocycles. The van der Waals surface area contributed by atoms with Gasteiger partial charge in [-0.1, -0.05) is 18.2 Å². The summed E-state index contributed by atoms with van der Waals surface area (Å²) in [4.78, 5) is 12.5. The fraction of sp³-hybridized carbons (Fsp3) is 0.409. The van der Waals surface area contributed by atoms with Gasteiger partial charge in [0.2, 0.25) is 10.0 Å². The molecule has 1 N–H and O–H groups in total. The maximum Gasteiger partial charge on any atom is 0.261 e. The SMILES string of the molecule is CC(Oc1ccc(N(C)S(C)(=O)=O)cc1)C(=O)NC(C)c1ccc2c(c1)CCC2. The Labute approximate surface area is 172 Å². The van der Waals surface area contributed by atoms with Crippen LogP contribution in [0.25, 0.3) is 0 Å². The molecule has 29 heavy (non-hydrogen) atoms. The summed E-state index contributed by atoms with van der Waals surface area (Å²) in [5.74, 6) is 0.304. The second-order valence-electron chi connectivity index (χ2n) is 7.60. The minimum Gasteiger partial charge on any atom is -0.481 e. The molecular formula is C22H28N2O4S. The standard InChI is InChI=1S/C22H28N2O4S/c1-15(18-9-8-17-6-5-7-19(17)14-18)23-22(25)16(2)28-21-12-10-20(11-13-21)24(3)29(4,26)27/h8-16H,5-7H2,1-4H3,(H,23,25). The van der Waals surface area contributed by atoms with E-state index in [4.69, 9.17) is 4.74 Å². The molecule has 0 heterocycles. The largest absolute Gasteiger partial charge is 0.481 e. The predicted molar refractivity (Wildman–Crippen MR) is 115 cm³/mol. The number of amides is 1. The van der Waals surface area contributed by atoms with Crippen molar-refractivity contribution in [3.63, 3.8) is 0 Å². The first kappa shape index (κ1) is 21.2. The molecule has 0 aliphatic heterocycles. The van der Waals surface area contributed by atoms with E-state index in [1.807, 2.05) is 6.92 Å². The number of nitrogens with zero attached hydrogens (tertiary/aromatic N) is 1. The smallest absolute Gasteiger partial charge is 0.261 e.